The summed E-state index contributed by atoms with van der Waals surface area (Å²) in [5, 5.41) is 3.47. The van der Waals surface area contributed by atoms with Crippen LogP contribution in [-0.2, 0) is 9.53 Å². The number of thiophene rings is 1. The average molecular weight is 345 g/mol. The summed E-state index contributed by atoms with van der Waals surface area (Å²) in [6.45, 7) is 4.28. The van der Waals surface area contributed by atoms with Crippen LogP contribution in [0.25, 0.3) is 0 Å². The molecular formula is C18H19NO4S. The van der Waals surface area contributed by atoms with Crippen LogP contribution in [0, 0.1) is 13.8 Å². The molecule has 1 amide bonds. The van der Waals surface area contributed by atoms with Crippen molar-refractivity contribution in [1.82, 2.24) is 0 Å². The zero-order chi connectivity index (χ0) is 17.3. The fourth-order valence-electron chi connectivity index (χ4n) is 2.88. The van der Waals surface area contributed by atoms with Gasteiger partial charge in [-0.3, -0.25) is 4.79 Å². The minimum atomic E-state index is -0.431. The second-order valence-corrected chi connectivity index (χ2v) is 6.92. The number of rotatable bonds is 3. The molecule has 0 spiro atoms. The number of benzene rings is 1. The second-order valence-electron chi connectivity index (χ2n) is 5.70. The van der Waals surface area contributed by atoms with E-state index in [0.717, 1.165) is 21.8 Å². The predicted octanol–water partition coefficient (Wildman–Crippen LogP) is 3.66. The molecule has 1 aromatic carbocycles. The maximum atomic E-state index is 12.8. The van der Waals surface area contributed by atoms with Crippen LogP contribution in [0.2, 0.25) is 0 Å². The lowest BCUT2D eigenvalue weighted by Gasteiger charge is -2.25. The number of para-hydroxylation sites is 1. The summed E-state index contributed by atoms with van der Waals surface area (Å²) in [5.41, 5.74) is 2.16. The van der Waals surface area contributed by atoms with Crippen LogP contribution in [0.15, 0.2) is 24.3 Å². The van der Waals surface area contributed by atoms with Gasteiger partial charge in [-0.1, -0.05) is 18.2 Å². The number of anilines is 1. The Hall–Kier alpha value is -2.34. The highest BCUT2D eigenvalue weighted by Gasteiger charge is 2.29. The van der Waals surface area contributed by atoms with Crippen molar-refractivity contribution in [3.63, 3.8) is 0 Å². The molecule has 1 aliphatic rings. The van der Waals surface area contributed by atoms with Gasteiger partial charge in [0.25, 0.3) is 0 Å². The number of carbonyl (C=O) groups is 2. The molecule has 2 aromatic rings. The smallest absolute Gasteiger partial charge is 0.341 e. The molecule has 2 heterocycles. The molecule has 0 fully saturated rings. The van der Waals surface area contributed by atoms with Gasteiger partial charge in [-0.15, -0.1) is 11.3 Å². The van der Waals surface area contributed by atoms with Gasteiger partial charge in [0, 0.05) is 10.4 Å². The summed E-state index contributed by atoms with van der Waals surface area (Å²) in [4.78, 5) is 25.8. The summed E-state index contributed by atoms with van der Waals surface area (Å²) in [6, 6.07) is 7.56. The molecule has 1 atom stereocenters. The SMILES string of the molecule is COC(=O)c1c(NC(=O)C2CCOc3ccccc32)sc(C)c1C. The molecular weight excluding hydrogens is 326 g/mol. The standard InChI is InChI=1S/C18H19NO4S/c1-10-11(2)24-17(15(10)18(21)22-3)19-16(20)13-8-9-23-14-7-5-4-6-12(13)14/h4-7,13H,8-9H2,1-3H3,(H,19,20). The number of hydrogen-bond donors (Lipinski definition) is 1. The van der Waals surface area contributed by atoms with Crippen molar-refractivity contribution >= 4 is 28.2 Å². The van der Waals surface area contributed by atoms with Crippen molar-refractivity contribution in [3.05, 3.63) is 45.8 Å². The minimum Gasteiger partial charge on any atom is -0.493 e. The number of methoxy groups -OCH3 is 1. The minimum absolute atomic E-state index is 0.128. The summed E-state index contributed by atoms with van der Waals surface area (Å²) < 4.78 is 10.5. The van der Waals surface area contributed by atoms with Crippen LogP contribution in [0.5, 0.6) is 5.75 Å². The zero-order valence-corrected chi connectivity index (χ0v) is 14.7. The van der Waals surface area contributed by atoms with E-state index in [-0.39, 0.29) is 11.8 Å². The van der Waals surface area contributed by atoms with E-state index in [1.807, 2.05) is 38.1 Å². The molecule has 1 aromatic heterocycles. The number of ether oxygens (including phenoxy) is 2. The predicted molar refractivity (Wildman–Crippen MR) is 93.1 cm³/mol. The van der Waals surface area contributed by atoms with Gasteiger partial charge in [0.2, 0.25) is 5.91 Å². The molecule has 24 heavy (non-hydrogen) atoms. The number of carbonyl (C=O) groups excluding carboxylic acids is 2. The van der Waals surface area contributed by atoms with E-state index in [4.69, 9.17) is 9.47 Å². The van der Waals surface area contributed by atoms with Crippen LogP contribution in [0.4, 0.5) is 5.00 Å². The summed E-state index contributed by atoms with van der Waals surface area (Å²) in [7, 11) is 1.34. The van der Waals surface area contributed by atoms with Crippen molar-refractivity contribution in [2.45, 2.75) is 26.2 Å². The van der Waals surface area contributed by atoms with Gasteiger partial charge < -0.3 is 14.8 Å². The Labute approximate surface area is 144 Å². The molecule has 126 valence electrons. The highest BCUT2D eigenvalue weighted by atomic mass is 32.1. The Balaban J connectivity index is 1.89. The molecule has 5 nitrogen and oxygen atoms in total. The molecule has 1 unspecified atom stereocenters. The van der Waals surface area contributed by atoms with Gasteiger partial charge >= 0.3 is 5.97 Å². The van der Waals surface area contributed by atoms with E-state index in [0.29, 0.717) is 23.6 Å². The van der Waals surface area contributed by atoms with Gasteiger partial charge in [0.1, 0.15) is 10.8 Å². The third-order valence-corrected chi connectivity index (χ3v) is 5.41. The van der Waals surface area contributed by atoms with Gasteiger partial charge in [-0.05, 0) is 31.9 Å². The molecule has 3 rings (SSSR count). The lowest BCUT2D eigenvalue weighted by molar-refractivity contribution is -0.118. The first-order valence-electron chi connectivity index (χ1n) is 7.73. The third-order valence-electron chi connectivity index (χ3n) is 4.29. The largest absolute Gasteiger partial charge is 0.493 e. The third kappa shape index (κ3) is 2.89. The van der Waals surface area contributed by atoms with E-state index in [1.54, 1.807) is 0 Å². The van der Waals surface area contributed by atoms with Crippen LogP contribution >= 0.6 is 11.3 Å². The van der Waals surface area contributed by atoms with Crippen molar-refractivity contribution in [2.24, 2.45) is 0 Å². The number of esters is 1. The van der Waals surface area contributed by atoms with E-state index >= 15 is 0 Å². The lowest BCUT2D eigenvalue weighted by atomic mass is 9.92. The molecule has 1 N–H and O–H groups in total. The molecule has 0 saturated carbocycles. The number of aryl methyl sites for hydroxylation is 1. The summed E-state index contributed by atoms with van der Waals surface area (Å²) in [5.74, 6) is -0.101. The maximum Gasteiger partial charge on any atom is 0.341 e. The molecule has 0 bridgehead atoms. The van der Waals surface area contributed by atoms with Crippen molar-refractivity contribution in [1.29, 1.82) is 0 Å². The summed E-state index contributed by atoms with van der Waals surface area (Å²) >= 11 is 1.39. The van der Waals surface area contributed by atoms with Crippen LogP contribution in [0.3, 0.4) is 0 Å². The summed E-state index contributed by atoms with van der Waals surface area (Å²) in [6.07, 6.45) is 0.611. The van der Waals surface area contributed by atoms with Crippen molar-refractivity contribution in [3.8, 4) is 5.75 Å². The second kappa shape index (κ2) is 6.65. The highest BCUT2D eigenvalue weighted by molar-refractivity contribution is 7.16. The van der Waals surface area contributed by atoms with Crippen LogP contribution in [0.1, 0.15) is 38.7 Å². The molecule has 0 radical (unpaired) electrons. The van der Waals surface area contributed by atoms with Gasteiger partial charge in [0.15, 0.2) is 0 Å². The maximum absolute atomic E-state index is 12.8. The topological polar surface area (TPSA) is 64.6 Å². The van der Waals surface area contributed by atoms with E-state index < -0.39 is 5.97 Å². The first-order valence-corrected chi connectivity index (χ1v) is 8.55. The number of amides is 1. The lowest BCUT2D eigenvalue weighted by Crippen LogP contribution is -2.26. The van der Waals surface area contributed by atoms with Crippen molar-refractivity contribution < 1.29 is 19.1 Å². The van der Waals surface area contributed by atoms with E-state index in [9.17, 15) is 9.59 Å². The highest BCUT2D eigenvalue weighted by Crippen LogP contribution is 2.37. The average Bonchev–Trinajstić information content (AvgIpc) is 2.87. The van der Waals surface area contributed by atoms with Gasteiger partial charge in [-0.2, -0.15) is 0 Å². The monoisotopic (exact) mass is 345 g/mol. The van der Waals surface area contributed by atoms with Crippen LogP contribution < -0.4 is 10.1 Å². The first kappa shape index (κ1) is 16.5. The molecule has 0 saturated heterocycles. The van der Waals surface area contributed by atoms with Gasteiger partial charge in [-0.25, -0.2) is 4.79 Å². The van der Waals surface area contributed by atoms with Gasteiger partial charge in [0.05, 0.1) is 25.2 Å². The fourth-order valence-corrected chi connectivity index (χ4v) is 3.93. The number of nitrogens with one attached hydrogen (secondary N) is 1. The van der Waals surface area contributed by atoms with Crippen molar-refractivity contribution in [2.75, 3.05) is 19.0 Å². The number of fused-ring (bicyclic) bond motifs is 1. The Kier molecular flexibility index (Phi) is 4.57. The first-order chi connectivity index (χ1) is 11.5. The molecule has 6 heteroatoms. The Morgan fingerprint density at radius 3 is 2.79 bits per heavy atom. The molecule has 0 aliphatic carbocycles. The van der Waals surface area contributed by atoms with E-state index in [2.05, 4.69) is 5.32 Å². The Bertz CT molecular complexity index is 796. The quantitative estimate of drug-likeness (QED) is 0.862. The van der Waals surface area contributed by atoms with E-state index in [1.165, 1.54) is 18.4 Å². The fraction of sp³-hybridized carbons (Fsp3) is 0.333. The Morgan fingerprint density at radius 1 is 1.29 bits per heavy atom. The normalized spacial score (nSPS) is 16.0. The Morgan fingerprint density at radius 2 is 2.04 bits per heavy atom. The molecule has 1 aliphatic heterocycles. The van der Waals surface area contributed by atoms with Crippen LogP contribution in [-0.4, -0.2) is 25.6 Å². The number of hydrogen-bond acceptors (Lipinski definition) is 5. The zero-order valence-electron chi connectivity index (χ0n) is 13.8.